The van der Waals surface area contributed by atoms with E-state index in [1.165, 1.54) is 13.1 Å². The Hall–Kier alpha value is -0.770. The lowest BCUT2D eigenvalue weighted by Crippen LogP contribution is -3.11. The first-order chi connectivity index (χ1) is 8.76. The van der Waals surface area contributed by atoms with Crippen molar-refractivity contribution in [2.45, 2.75) is 20.3 Å². The van der Waals surface area contributed by atoms with Crippen LogP contribution in [0.3, 0.4) is 0 Å². The molecule has 0 aromatic heterocycles. The van der Waals surface area contributed by atoms with Gasteiger partial charge in [0.15, 0.2) is 0 Å². The third-order valence-corrected chi connectivity index (χ3v) is 3.16. The topological polar surface area (TPSA) is 26.0 Å². The molecule has 108 valence electrons. The molecule has 1 aromatic rings. The number of benzene rings is 1. The Morgan fingerprint density at radius 1 is 1.21 bits per heavy atom. The van der Waals surface area contributed by atoms with E-state index < -0.39 is 0 Å². The molecule has 0 aliphatic heterocycles. The van der Waals surface area contributed by atoms with Gasteiger partial charge in [-0.2, -0.15) is 0 Å². The number of oxime groups is 1. The maximum atomic E-state index is 5.79. The molecule has 1 rings (SSSR count). The maximum absolute atomic E-state index is 5.79. The van der Waals surface area contributed by atoms with Crippen LogP contribution in [0.25, 0.3) is 0 Å². The second kappa shape index (κ2) is 11.1. The molecule has 0 aliphatic rings. The highest BCUT2D eigenvalue weighted by Gasteiger charge is 2.00. The fourth-order valence-corrected chi connectivity index (χ4v) is 1.82. The second-order valence-electron chi connectivity index (χ2n) is 4.18. The lowest BCUT2D eigenvalue weighted by Gasteiger charge is -2.14. The van der Waals surface area contributed by atoms with E-state index in [4.69, 9.17) is 16.4 Å². The van der Waals surface area contributed by atoms with E-state index in [1.54, 1.807) is 11.1 Å². The highest BCUT2D eigenvalue weighted by atomic mass is 35.5. The van der Waals surface area contributed by atoms with Gasteiger partial charge in [0.05, 0.1) is 25.8 Å². The summed E-state index contributed by atoms with van der Waals surface area (Å²) < 4.78 is 0. The minimum atomic E-state index is 0. The zero-order valence-electron chi connectivity index (χ0n) is 11.5. The van der Waals surface area contributed by atoms with Gasteiger partial charge in [-0.3, -0.25) is 0 Å². The average Bonchev–Trinajstić information content (AvgIpc) is 2.40. The Balaban J connectivity index is 0.00000324. The molecular weight excluding hydrogens is 283 g/mol. The van der Waals surface area contributed by atoms with E-state index in [1.807, 2.05) is 24.3 Å². The highest BCUT2D eigenvalue weighted by Crippen LogP contribution is 2.07. The Morgan fingerprint density at radius 2 is 1.84 bits per heavy atom. The molecule has 1 N–H and O–H groups in total. The number of rotatable bonds is 8. The van der Waals surface area contributed by atoms with Gasteiger partial charge in [-0.25, -0.2) is 0 Å². The molecule has 0 amide bonds. The van der Waals surface area contributed by atoms with E-state index >= 15 is 0 Å². The van der Waals surface area contributed by atoms with Crippen molar-refractivity contribution in [3.05, 3.63) is 34.9 Å². The fraction of sp³-hybridized carbons (Fsp3) is 0.500. The van der Waals surface area contributed by atoms with Crippen molar-refractivity contribution in [2.24, 2.45) is 5.16 Å². The minimum absolute atomic E-state index is 0. The molecule has 0 heterocycles. The molecule has 5 heteroatoms. The van der Waals surface area contributed by atoms with E-state index in [0.29, 0.717) is 6.61 Å². The molecule has 0 bridgehead atoms. The normalized spacial score (nSPS) is 10.7. The first-order valence-electron chi connectivity index (χ1n) is 6.50. The van der Waals surface area contributed by atoms with Crippen LogP contribution in [-0.2, 0) is 4.84 Å². The predicted molar refractivity (Wildman–Crippen MR) is 76.5 cm³/mol. The van der Waals surface area contributed by atoms with Crippen LogP contribution in [0.2, 0.25) is 5.02 Å². The molecule has 19 heavy (non-hydrogen) atoms. The van der Waals surface area contributed by atoms with Crippen molar-refractivity contribution in [3.63, 3.8) is 0 Å². The number of hydrogen-bond donors (Lipinski definition) is 1. The summed E-state index contributed by atoms with van der Waals surface area (Å²) in [5.41, 5.74) is 0.994. The first-order valence-corrected chi connectivity index (χ1v) is 6.88. The molecule has 3 nitrogen and oxygen atoms in total. The van der Waals surface area contributed by atoms with Gasteiger partial charge >= 0.3 is 0 Å². The Morgan fingerprint density at radius 3 is 2.42 bits per heavy atom. The second-order valence-corrected chi connectivity index (χ2v) is 4.62. The van der Waals surface area contributed by atoms with Crippen molar-refractivity contribution in [3.8, 4) is 0 Å². The van der Waals surface area contributed by atoms with Gasteiger partial charge in [0, 0.05) is 11.4 Å². The third kappa shape index (κ3) is 8.09. The quantitative estimate of drug-likeness (QED) is 0.373. The average molecular weight is 305 g/mol. The molecule has 0 atom stereocenters. The van der Waals surface area contributed by atoms with Crippen LogP contribution in [0.15, 0.2) is 29.4 Å². The molecule has 0 saturated carbocycles. The summed E-state index contributed by atoms with van der Waals surface area (Å²) in [6.45, 7) is 8.57. The van der Waals surface area contributed by atoms with Crippen LogP contribution in [0.1, 0.15) is 25.8 Å². The van der Waals surface area contributed by atoms with Gasteiger partial charge in [-0.1, -0.05) is 28.9 Å². The standard InChI is InChI=1S/C14H21ClN2O.ClH/c1-3-17(4-2)10-5-11-18-16-12-13-6-8-14(15)9-7-13;/h6-9,12H,3-5,10-11H2,1-2H3;1H/b16-12+;. The van der Waals surface area contributed by atoms with Gasteiger partial charge in [-0.05, 0) is 31.5 Å². The fourth-order valence-electron chi connectivity index (χ4n) is 1.69. The van der Waals surface area contributed by atoms with Crippen LogP contribution >= 0.6 is 11.6 Å². The number of quaternary nitrogens is 1. The monoisotopic (exact) mass is 304 g/mol. The number of nitrogens with one attached hydrogen (secondary N) is 1. The Kier molecular flexibility index (Phi) is 10.6. The molecule has 0 unspecified atom stereocenters. The van der Waals surface area contributed by atoms with Crippen molar-refractivity contribution in [2.75, 3.05) is 26.2 Å². The molecule has 0 spiro atoms. The van der Waals surface area contributed by atoms with Crippen molar-refractivity contribution in [1.82, 2.24) is 0 Å². The summed E-state index contributed by atoms with van der Waals surface area (Å²) in [5, 5.41) is 4.67. The molecule has 0 fully saturated rings. The van der Waals surface area contributed by atoms with Crippen molar-refractivity contribution in [1.29, 1.82) is 0 Å². The smallest absolute Gasteiger partial charge is 0.122 e. The van der Waals surface area contributed by atoms with Crippen LogP contribution in [0.4, 0.5) is 0 Å². The van der Waals surface area contributed by atoms with Crippen LogP contribution in [0, 0.1) is 0 Å². The van der Waals surface area contributed by atoms with E-state index in [-0.39, 0.29) is 12.4 Å². The van der Waals surface area contributed by atoms with Crippen LogP contribution in [-0.4, -0.2) is 32.5 Å². The summed E-state index contributed by atoms with van der Waals surface area (Å²) in [6.07, 6.45) is 2.75. The zero-order valence-corrected chi connectivity index (χ0v) is 13.0. The Labute approximate surface area is 127 Å². The summed E-state index contributed by atoms with van der Waals surface area (Å²) in [5.74, 6) is 0. The largest absolute Gasteiger partial charge is 1.00 e. The van der Waals surface area contributed by atoms with Crippen molar-refractivity contribution >= 4 is 17.8 Å². The van der Waals surface area contributed by atoms with Gasteiger partial charge in [-0.15, -0.1) is 0 Å². The van der Waals surface area contributed by atoms with E-state index in [2.05, 4.69) is 19.0 Å². The van der Waals surface area contributed by atoms with Crippen molar-refractivity contribution < 1.29 is 22.1 Å². The van der Waals surface area contributed by atoms with Gasteiger partial charge < -0.3 is 22.1 Å². The van der Waals surface area contributed by atoms with E-state index in [0.717, 1.165) is 23.6 Å². The molecule has 0 radical (unpaired) electrons. The van der Waals surface area contributed by atoms with Crippen LogP contribution in [0.5, 0.6) is 0 Å². The molecule has 0 saturated heterocycles. The Bertz CT molecular complexity index is 351. The first kappa shape index (κ1) is 18.2. The van der Waals surface area contributed by atoms with Crippen LogP contribution < -0.4 is 17.3 Å². The highest BCUT2D eigenvalue weighted by molar-refractivity contribution is 6.30. The summed E-state index contributed by atoms with van der Waals surface area (Å²) in [4.78, 5) is 6.83. The van der Waals surface area contributed by atoms with Gasteiger partial charge in [0.1, 0.15) is 6.61 Å². The number of nitrogens with zero attached hydrogens (tertiary/aromatic N) is 1. The summed E-state index contributed by atoms with van der Waals surface area (Å²) in [6, 6.07) is 7.50. The summed E-state index contributed by atoms with van der Waals surface area (Å²) >= 11 is 5.79. The van der Waals surface area contributed by atoms with Gasteiger partial charge in [0.2, 0.25) is 0 Å². The lowest BCUT2D eigenvalue weighted by molar-refractivity contribution is -0.896. The molecule has 0 aliphatic carbocycles. The molecular formula is C14H22Cl2N2O. The summed E-state index contributed by atoms with van der Waals surface area (Å²) in [7, 11) is 0. The minimum Gasteiger partial charge on any atom is -1.00 e. The third-order valence-electron chi connectivity index (χ3n) is 2.91. The molecule has 1 aromatic carbocycles. The predicted octanol–water partition coefficient (Wildman–Crippen LogP) is -0.991. The SMILES string of the molecule is CC[NH+](CC)CCCO/N=C/c1ccc(Cl)cc1.[Cl-]. The van der Waals surface area contributed by atoms with E-state index in [9.17, 15) is 0 Å². The maximum Gasteiger partial charge on any atom is 0.122 e. The lowest BCUT2D eigenvalue weighted by atomic mass is 10.2. The van der Waals surface area contributed by atoms with Gasteiger partial charge in [0.25, 0.3) is 0 Å². The number of hydrogen-bond acceptors (Lipinski definition) is 2. The zero-order chi connectivity index (χ0) is 13.2. The number of halogens is 2.